The molecule has 0 atom stereocenters. The molecule has 0 aliphatic rings. The molecule has 0 saturated carbocycles. The maximum absolute atomic E-state index is 13.1. The molecule has 1 N–H and O–H groups in total. The Morgan fingerprint density at radius 2 is 2.14 bits per heavy atom. The van der Waals surface area contributed by atoms with Gasteiger partial charge in [0.15, 0.2) is 5.15 Å². The maximum Gasteiger partial charge on any atom is 0.268 e. The quantitative estimate of drug-likeness (QED) is 0.779. The molecule has 0 saturated heterocycles. The van der Waals surface area contributed by atoms with Gasteiger partial charge >= 0.3 is 0 Å². The minimum atomic E-state index is -0.428. The summed E-state index contributed by atoms with van der Waals surface area (Å²) >= 11 is 7.19. The second-order valence-electron chi connectivity index (χ2n) is 4.35. The van der Waals surface area contributed by atoms with Crippen molar-refractivity contribution in [3.05, 3.63) is 64.6 Å². The van der Waals surface area contributed by atoms with Crippen LogP contribution in [0.25, 0.3) is 10.6 Å². The molecule has 0 radical (unpaired) electrons. The summed E-state index contributed by atoms with van der Waals surface area (Å²) in [5.41, 5.74) is 1.14. The van der Waals surface area contributed by atoms with E-state index in [0.29, 0.717) is 10.7 Å². The van der Waals surface area contributed by atoms with Gasteiger partial charge in [0.05, 0.1) is 0 Å². The number of benzene rings is 1. The predicted molar refractivity (Wildman–Crippen MR) is 84.7 cm³/mol. The van der Waals surface area contributed by atoms with E-state index in [0.717, 1.165) is 16.9 Å². The third kappa shape index (κ3) is 3.13. The van der Waals surface area contributed by atoms with Crippen LogP contribution in [-0.2, 0) is 0 Å². The third-order valence-electron chi connectivity index (χ3n) is 2.78. The average Bonchev–Trinajstić information content (AvgIpc) is 2.90. The molecule has 7 heteroatoms. The second-order valence-corrected chi connectivity index (χ2v) is 5.70. The molecule has 0 aliphatic carbocycles. The van der Waals surface area contributed by atoms with Crippen LogP contribution in [0, 0.1) is 5.82 Å². The van der Waals surface area contributed by atoms with Crippen molar-refractivity contribution >= 4 is 34.5 Å². The van der Waals surface area contributed by atoms with E-state index in [1.54, 1.807) is 24.5 Å². The molecule has 3 rings (SSSR count). The summed E-state index contributed by atoms with van der Waals surface area (Å²) in [5.74, 6) is -0.854. The minimum absolute atomic E-state index is 0.109. The van der Waals surface area contributed by atoms with Crippen LogP contribution in [0.15, 0.2) is 48.8 Å². The summed E-state index contributed by atoms with van der Waals surface area (Å²) in [4.78, 5) is 20.7. The fourth-order valence-electron chi connectivity index (χ4n) is 1.81. The Morgan fingerprint density at radius 3 is 2.86 bits per heavy atom. The molecule has 0 aliphatic heterocycles. The molecule has 0 bridgehead atoms. The standard InChI is InChI=1S/C15H9ClFN3OS/c16-13-12(14(21)19-11-5-1-4-10(17)7-11)22-15(20-13)9-3-2-6-18-8-9/h1-8H,(H,19,21). The number of rotatable bonds is 3. The fraction of sp³-hybridized carbons (Fsp3) is 0. The number of halogens is 2. The Balaban J connectivity index is 1.86. The highest BCUT2D eigenvalue weighted by Crippen LogP contribution is 2.31. The topological polar surface area (TPSA) is 54.9 Å². The molecule has 2 heterocycles. The summed E-state index contributed by atoms with van der Waals surface area (Å²) in [7, 11) is 0. The number of thiazole rings is 1. The van der Waals surface area contributed by atoms with E-state index in [-0.39, 0.29) is 10.0 Å². The normalized spacial score (nSPS) is 10.5. The molecule has 22 heavy (non-hydrogen) atoms. The van der Waals surface area contributed by atoms with Crippen LogP contribution in [0.2, 0.25) is 5.15 Å². The Morgan fingerprint density at radius 1 is 1.27 bits per heavy atom. The summed E-state index contributed by atoms with van der Waals surface area (Å²) < 4.78 is 13.1. The average molecular weight is 334 g/mol. The van der Waals surface area contributed by atoms with Crippen LogP contribution in [0.4, 0.5) is 10.1 Å². The second kappa shape index (κ2) is 6.21. The van der Waals surface area contributed by atoms with Gasteiger partial charge in [-0.2, -0.15) is 0 Å². The number of nitrogens with one attached hydrogen (secondary N) is 1. The summed E-state index contributed by atoms with van der Waals surface area (Å²) in [6.45, 7) is 0. The van der Waals surface area contributed by atoms with Crippen molar-refractivity contribution in [2.24, 2.45) is 0 Å². The monoisotopic (exact) mass is 333 g/mol. The van der Waals surface area contributed by atoms with Crippen LogP contribution in [0.3, 0.4) is 0 Å². The largest absolute Gasteiger partial charge is 0.321 e. The van der Waals surface area contributed by atoms with Gasteiger partial charge in [-0.15, -0.1) is 11.3 Å². The van der Waals surface area contributed by atoms with Crippen molar-refractivity contribution in [3.8, 4) is 10.6 Å². The van der Waals surface area contributed by atoms with Crippen LogP contribution in [0.5, 0.6) is 0 Å². The van der Waals surface area contributed by atoms with Gasteiger partial charge < -0.3 is 5.32 Å². The predicted octanol–water partition coefficient (Wildman–Crippen LogP) is 4.25. The van der Waals surface area contributed by atoms with Gasteiger partial charge in [0.2, 0.25) is 0 Å². The van der Waals surface area contributed by atoms with Crippen molar-refractivity contribution in [2.45, 2.75) is 0 Å². The zero-order valence-electron chi connectivity index (χ0n) is 11.1. The van der Waals surface area contributed by atoms with Crippen LogP contribution < -0.4 is 5.32 Å². The molecule has 2 aromatic heterocycles. The van der Waals surface area contributed by atoms with Crippen molar-refractivity contribution in [2.75, 3.05) is 5.32 Å². The molecule has 0 fully saturated rings. The zero-order chi connectivity index (χ0) is 15.5. The van der Waals surface area contributed by atoms with E-state index in [4.69, 9.17) is 11.6 Å². The first kappa shape index (κ1) is 14.6. The number of amides is 1. The van der Waals surface area contributed by atoms with Gasteiger partial charge in [0, 0.05) is 23.6 Å². The first-order valence-electron chi connectivity index (χ1n) is 6.27. The number of nitrogens with zero attached hydrogens (tertiary/aromatic N) is 2. The minimum Gasteiger partial charge on any atom is -0.321 e. The first-order chi connectivity index (χ1) is 10.6. The van der Waals surface area contributed by atoms with Gasteiger partial charge in [-0.3, -0.25) is 9.78 Å². The number of hydrogen-bond acceptors (Lipinski definition) is 4. The van der Waals surface area contributed by atoms with Gasteiger partial charge in [-0.25, -0.2) is 9.37 Å². The third-order valence-corrected chi connectivity index (χ3v) is 4.27. The van der Waals surface area contributed by atoms with Gasteiger partial charge in [0.1, 0.15) is 15.7 Å². The molecular weight excluding hydrogens is 325 g/mol. The zero-order valence-corrected chi connectivity index (χ0v) is 12.7. The van der Waals surface area contributed by atoms with E-state index in [9.17, 15) is 9.18 Å². The highest BCUT2D eigenvalue weighted by molar-refractivity contribution is 7.17. The van der Waals surface area contributed by atoms with Crippen molar-refractivity contribution in [1.29, 1.82) is 0 Å². The fourth-order valence-corrected chi connectivity index (χ4v) is 2.99. The van der Waals surface area contributed by atoms with Crippen LogP contribution in [0.1, 0.15) is 9.67 Å². The first-order valence-corrected chi connectivity index (χ1v) is 7.46. The van der Waals surface area contributed by atoms with Crippen molar-refractivity contribution in [1.82, 2.24) is 9.97 Å². The van der Waals surface area contributed by atoms with Gasteiger partial charge in [0.25, 0.3) is 5.91 Å². The molecular formula is C15H9ClFN3OS. The molecule has 0 unspecified atom stereocenters. The Bertz CT molecular complexity index is 823. The number of aromatic nitrogens is 2. The highest BCUT2D eigenvalue weighted by atomic mass is 35.5. The summed E-state index contributed by atoms with van der Waals surface area (Å²) in [6.07, 6.45) is 3.29. The molecule has 3 aromatic rings. The van der Waals surface area contributed by atoms with E-state index < -0.39 is 11.7 Å². The smallest absolute Gasteiger partial charge is 0.268 e. The number of carbonyl (C=O) groups is 1. The van der Waals surface area contributed by atoms with Crippen LogP contribution in [-0.4, -0.2) is 15.9 Å². The Hall–Kier alpha value is -2.31. The lowest BCUT2D eigenvalue weighted by Crippen LogP contribution is -2.10. The van der Waals surface area contributed by atoms with Crippen molar-refractivity contribution in [3.63, 3.8) is 0 Å². The Labute approximate surface area is 134 Å². The van der Waals surface area contributed by atoms with E-state index in [1.165, 1.54) is 18.2 Å². The highest BCUT2D eigenvalue weighted by Gasteiger charge is 2.18. The van der Waals surface area contributed by atoms with E-state index in [2.05, 4.69) is 15.3 Å². The van der Waals surface area contributed by atoms with E-state index >= 15 is 0 Å². The number of carbonyl (C=O) groups excluding carboxylic acids is 1. The van der Waals surface area contributed by atoms with Gasteiger partial charge in [-0.1, -0.05) is 17.7 Å². The molecule has 1 aromatic carbocycles. The summed E-state index contributed by atoms with van der Waals surface area (Å²) in [6, 6.07) is 9.25. The lowest BCUT2D eigenvalue weighted by Gasteiger charge is -2.03. The number of hydrogen-bond donors (Lipinski definition) is 1. The molecule has 0 spiro atoms. The number of anilines is 1. The van der Waals surface area contributed by atoms with Crippen LogP contribution >= 0.6 is 22.9 Å². The van der Waals surface area contributed by atoms with Gasteiger partial charge in [-0.05, 0) is 30.3 Å². The maximum atomic E-state index is 13.1. The summed E-state index contributed by atoms with van der Waals surface area (Å²) in [5, 5.41) is 3.30. The Kier molecular flexibility index (Phi) is 4.13. The number of pyridine rings is 1. The lowest BCUT2D eigenvalue weighted by atomic mass is 10.3. The molecule has 4 nitrogen and oxygen atoms in total. The SMILES string of the molecule is O=C(Nc1cccc(F)c1)c1sc(-c2cccnc2)nc1Cl. The lowest BCUT2D eigenvalue weighted by molar-refractivity contribution is 0.103. The molecule has 1 amide bonds. The molecule has 110 valence electrons. The van der Waals surface area contributed by atoms with E-state index in [1.807, 2.05) is 6.07 Å². The van der Waals surface area contributed by atoms with Crippen molar-refractivity contribution < 1.29 is 9.18 Å².